The standard InChI is InChI=1S/C24H21FN4O3/c1-2-31-24(30)22-27-21(26-18-9-5-7-14-6-3-4-8-17(14)18)19-20(29-32-23(19)28-22)15-10-12-16(25)13-11-15/h3-4,6,8,10-13,18H,2,5,7,9H2,1H3,(H,26,27,28). The first-order chi connectivity index (χ1) is 15.6. The van der Waals surface area contributed by atoms with Crippen LogP contribution < -0.4 is 5.32 Å². The van der Waals surface area contributed by atoms with Gasteiger partial charge in [-0.2, -0.15) is 4.98 Å². The Hall–Kier alpha value is -3.81. The summed E-state index contributed by atoms with van der Waals surface area (Å²) in [6.45, 7) is 1.92. The Bertz CT molecular complexity index is 1290. The maximum atomic E-state index is 13.5. The van der Waals surface area contributed by atoms with E-state index in [9.17, 15) is 9.18 Å². The number of hydrogen-bond acceptors (Lipinski definition) is 7. The Kier molecular flexibility index (Phi) is 5.26. The first-order valence-corrected chi connectivity index (χ1v) is 10.6. The third kappa shape index (κ3) is 3.68. The summed E-state index contributed by atoms with van der Waals surface area (Å²) in [5.74, 6) is -0.658. The number of aryl methyl sites for hydroxylation is 1. The van der Waals surface area contributed by atoms with Gasteiger partial charge in [-0.05, 0) is 61.6 Å². The zero-order valence-electron chi connectivity index (χ0n) is 17.5. The highest BCUT2D eigenvalue weighted by molar-refractivity contribution is 6.00. The van der Waals surface area contributed by atoms with Crippen molar-refractivity contribution in [1.82, 2.24) is 15.1 Å². The molecule has 0 aliphatic heterocycles. The molecule has 0 saturated carbocycles. The van der Waals surface area contributed by atoms with Gasteiger partial charge < -0.3 is 14.6 Å². The normalized spacial score (nSPS) is 15.4. The van der Waals surface area contributed by atoms with Crippen LogP contribution in [0.4, 0.5) is 10.2 Å². The van der Waals surface area contributed by atoms with Crippen LogP contribution in [-0.4, -0.2) is 27.7 Å². The van der Waals surface area contributed by atoms with Crippen molar-refractivity contribution in [2.75, 3.05) is 11.9 Å². The third-order valence-corrected chi connectivity index (χ3v) is 5.59. The number of esters is 1. The van der Waals surface area contributed by atoms with Gasteiger partial charge in [-0.1, -0.05) is 29.4 Å². The number of anilines is 1. The lowest BCUT2D eigenvalue weighted by molar-refractivity contribution is 0.0512. The number of rotatable bonds is 5. The molecule has 32 heavy (non-hydrogen) atoms. The van der Waals surface area contributed by atoms with Crippen LogP contribution in [0, 0.1) is 5.82 Å². The Morgan fingerprint density at radius 1 is 1.19 bits per heavy atom. The van der Waals surface area contributed by atoms with Crippen LogP contribution in [0.1, 0.15) is 47.6 Å². The predicted molar refractivity (Wildman–Crippen MR) is 117 cm³/mol. The molecule has 1 unspecified atom stereocenters. The highest BCUT2D eigenvalue weighted by Crippen LogP contribution is 2.37. The second-order valence-corrected chi connectivity index (χ2v) is 7.62. The second-order valence-electron chi connectivity index (χ2n) is 7.62. The molecular formula is C24H21FN4O3. The zero-order valence-corrected chi connectivity index (χ0v) is 17.5. The largest absolute Gasteiger partial charge is 0.460 e. The maximum absolute atomic E-state index is 13.5. The number of nitrogens with zero attached hydrogens (tertiary/aromatic N) is 3. The highest BCUT2D eigenvalue weighted by atomic mass is 19.1. The number of fused-ring (bicyclic) bond motifs is 2. The zero-order chi connectivity index (χ0) is 22.1. The first kappa shape index (κ1) is 20.1. The van der Waals surface area contributed by atoms with E-state index >= 15 is 0 Å². The van der Waals surface area contributed by atoms with Crippen LogP contribution in [0.3, 0.4) is 0 Å². The van der Waals surface area contributed by atoms with Crippen molar-refractivity contribution in [1.29, 1.82) is 0 Å². The van der Waals surface area contributed by atoms with E-state index < -0.39 is 5.97 Å². The van der Waals surface area contributed by atoms with Gasteiger partial charge in [-0.15, -0.1) is 0 Å². The summed E-state index contributed by atoms with van der Waals surface area (Å²) < 4.78 is 24.0. The molecule has 2 aromatic carbocycles. The van der Waals surface area contributed by atoms with E-state index in [0.717, 1.165) is 19.3 Å². The molecule has 8 heteroatoms. The van der Waals surface area contributed by atoms with E-state index in [2.05, 4.69) is 32.6 Å². The van der Waals surface area contributed by atoms with E-state index in [4.69, 9.17) is 9.26 Å². The number of carbonyl (C=O) groups is 1. The van der Waals surface area contributed by atoms with E-state index in [-0.39, 0.29) is 30.0 Å². The molecule has 0 saturated heterocycles. The summed E-state index contributed by atoms with van der Waals surface area (Å²) in [6, 6.07) is 14.2. The molecule has 1 N–H and O–H groups in total. The molecule has 162 valence electrons. The van der Waals surface area contributed by atoms with Crippen LogP contribution in [0.25, 0.3) is 22.4 Å². The smallest absolute Gasteiger partial charge is 0.376 e. The average Bonchev–Trinajstić information content (AvgIpc) is 3.24. The predicted octanol–water partition coefficient (Wildman–Crippen LogP) is 5.09. The van der Waals surface area contributed by atoms with Gasteiger partial charge in [-0.3, -0.25) is 0 Å². The molecular weight excluding hydrogens is 411 g/mol. The lowest BCUT2D eigenvalue weighted by atomic mass is 9.87. The van der Waals surface area contributed by atoms with Crippen LogP contribution >= 0.6 is 0 Å². The minimum atomic E-state index is -0.638. The Morgan fingerprint density at radius 2 is 2.00 bits per heavy atom. The molecule has 0 amide bonds. The van der Waals surface area contributed by atoms with Crippen molar-refractivity contribution < 1.29 is 18.4 Å². The Balaban J connectivity index is 1.64. The molecule has 4 aromatic rings. The van der Waals surface area contributed by atoms with Crippen molar-refractivity contribution in [2.45, 2.75) is 32.2 Å². The number of halogens is 1. The molecule has 1 aliphatic rings. The van der Waals surface area contributed by atoms with Crippen molar-refractivity contribution in [2.24, 2.45) is 0 Å². The fourth-order valence-corrected chi connectivity index (χ4v) is 4.12. The minimum Gasteiger partial charge on any atom is -0.460 e. The van der Waals surface area contributed by atoms with E-state index in [1.54, 1.807) is 19.1 Å². The molecule has 2 heterocycles. The van der Waals surface area contributed by atoms with Crippen LogP contribution in [0.15, 0.2) is 53.1 Å². The number of benzene rings is 2. The molecule has 0 bridgehead atoms. The molecule has 5 rings (SSSR count). The van der Waals surface area contributed by atoms with Crippen molar-refractivity contribution in [3.63, 3.8) is 0 Å². The van der Waals surface area contributed by atoms with Gasteiger partial charge in [0, 0.05) is 5.56 Å². The van der Waals surface area contributed by atoms with Crippen molar-refractivity contribution in [3.05, 3.63) is 71.3 Å². The Morgan fingerprint density at radius 3 is 2.81 bits per heavy atom. The fraction of sp³-hybridized carbons (Fsp3) is 0.250. The van der Waals surface area contributed by atoms with Gasteiger partial charge in [0.05, 0.1) is 12.6 Å². The van der Waals surface area contributed by atoms with Gasteiger partial charge in [0.2, 0.25) is 5.82 Å². The molecule has 1 aliphatic carbocycles. The van der Waals surface area contributed by atoms with E-state index in [1.165, 1.54) is 23.3 Å². The molecule has 7 nitrogen and oxygen atoms in total. The third-order valence-electron chi connectivity index (χ3n) is 5.59. The Labute approximate surface area is 183 Å². The van der Waals surface area contributed by atoms with Crippen molar-refractivity contribution in [3.8, 4) is 11.3 Å². The van der Waals surface area contributed by atoms with E-state index in [0.29, 0.717) is 22.5 Å². The lowest BCUT2D eigenvalue weighted by Crippen LogP contribution is -2.19. The highest BCUT2D eigenvalue weighted by Gasteiger charge is 2.26. The summed E-state index contributed by atoms with van der Waals surface area (Å²) >= 11 is 0. The first-order valence-electron chi connectivity index (χ1n) is 10.6. The molecule has 0 spiro atoms. The van der Waals surface area contributed by atoms with Gasteiger partial charge in [-0.25, -0.2) is 14.2 Å². The summed E-state index contributed by atoms with van der Waals surface area (Å²) in [7, 11) is 0. The van der Waals surface area contributed by atoms with Crippen molar-refractivity contribution >= 4 is 22.9 Å². The van der Waals surface area contributed by atoms with Crippen LogP contribution in [-0.2, 0) is 11.2 Å². The monoisotopic (exact) mass is 432 g/mol. The maximum Gasteiger partial charge on any atom is 0.376 e. The van der Waals surface area contributed by atoms with Crippen LogP contribution in [0.2, 0.25) is 0 Å². The summed E-state index contributed by atoms with van der Waals surface area (Å²) in [4.78, 5) is 21.1. The number of ether oxygens (including phenoxy) is 1. The summed E-state index contributed by atoms with van der Waals surface area (Å²) in [5, 5.41) is 8.17. The molecule has 2 aromatic heterocycles. The number of aromatic nitrogens is 3. The number of nitrogens with one attached hydrogen (secondary N) is 1. The van der Waals surface area contributed by atoms with Gasteiger partial charge in [0.1, 0.15) is 22.7 Å². The molecule has 1 atom stereocenters. The van der Waals surface area contributed by atoms with Gasteiger partial charge in [0.15, 0.2) is 0 Å². The lowest BCUT2D eigenvalue weighted by Gasteiger charge is -2.27. The number of carbonyl (C=O) groups excluding carboxylic acids is 1. The van der Waals surface area contributed by atoms with Crippen LogP contribution in [0.5, 0.6) is 0 Å². The average molecular weight is 432 g/mol. The molecule has 0 radical (unpaired) electrons. The minimum absolute atomic E-state index is 0.00376. The van der Waals surface area contributed by atoms with Gasteiger partial charge in [0.25, 0.3) is 5.71 Å². The fourth-order valence-electron chi connectivity index (χ4n) is 4.12. The van der Waals surface area contributed by atoms with Gasteiger partial charge >= 0.3 is 5.97 Å². The summed E-state index contributed by atoms with van der Waals surface area (Å²) in [6.07, 6.45) is 2.96. The van der Waals surface area contributed by atoms with E-state index in [1.807, 2.05) is 12.1 Å². The number of hydrogen-bond donors (Lipinski definition) is 1. The molecule has 0 fully saturated rings. The second kappa shape index (κ2) is 8.37. The SMILES string of the molecule is CCOC(=O)c1nc(NC2CCCc3ccccc32)c2c(-c3ccc(F)cc3)noc2n1. The quantitative estimate of drug-likeness (QED) is 0.439. The summed E-state index contributed by atoms with van der Waals surface area (Å²) in [5.41, 5.74) is 3.78. The topological polar surface area (TPSA) is 90.1 Å².